The van der Waals surface area contributed by atoms with Gasteiger partial charge in [-0.3, -0.25) is 9.59 Å². The molecule has 3 aromatic carbocycles. The molecule has 6 nitrogen and oxygen atoms in total. The van der Waals surface area contributed by atoms with E-state index in [1.807, 2.05) is 84.9 Å². The second kappa shape index (κ2) is 9.71. The van der Waals surface area contributed by atoms with Gasteiger partial charge in [-0.1, -0.05) is 72.8 Å². The van der Waals surface area contributed by atoms with E-state index < -0.39 is 11.8 Å². The fourth-order valence-electron chi connectivity index (χ4n) is 3.60. The summed E-state index contributed by atoms with van der Waals surface area (Å²) in [6, 6.07) is 26.9. The molecular formula is C25H23N3O3. The molecule has 0 aromatic heterocycles. The normalized spacial score (nSPS) is 18.0. The maximum atomic E-state index is 12.6. The number of ether oxygens (including phenoxy) is 1. The summed E-state index contributed by atoms with van der Waals surface area (Å²) < 4.78 is 5.82. The van der Waals surface area contributed by atoms with Crippen LogP contribution < -0.4 is 15.5 Å². The van der Waals surface area contributed by atoms with E-state index >= 15 is 0 Å². The molecule has 1 fully saturated rings. The van der Waals surface area contributed by atoms with E-state index in [0.29, 0.717) is 18.9 Å². The number of hydrogen-bond acceptors (Lipinski definition) is 4. The first-order valence-corrected chi connectivity index (χ1v) is 10.1. The van der Waals surface area contributed by atoms with E-state index in [1.165, 1.54) is 6.21 Å². The molecule has 1 heterocycles. The Labute approximate surface area is 180 Å². The summed E-state index contributed by atoms with van der Waals surface area (Å²) in [5.41, 5.74) is 5.32. The molecule has 0 aliphatic carbocycles. The standard InChI is InChI=1S/C25H23N3O3/c29-24-23(22(16-26-24)20-11-5-2-6-12-20)25(30)28-27-15-19-10-7-13-21(14-19)31-17-18-8-3-1-4-9-18/h1-15,22-23H,16-17H2,(H,26,29)(H,28,30)/b27-15+/t22-,23+/m0/s1. The summed E-state index contributed by atoms with van der Waals surface area (Å²) in [6.07, 6.45) is 1.54. The van der Waals surface area contributed by atoms with Crippen LogP contribution in [0.3, 0.4) is 0 Å². The number of carbonyl (C=O) groups excluding carboxylic acids is 2. The molecule has 1 aliphatic heterocycles. The van der Waals surface area contributed by atoms with Crippen LogP contribution in [-0.2, 0) is 16.2 Å². The van der Waals surface area contributed by atoms with Gasteiger partial charge in [0.2, 0.25) is 5.91 Å². The predicted octanol–water partition coefficient (Wildman–Crippen LogP) is 3.25. The summed E-state index contributed by atoms with van der Waals surface area (Å²) >= 11 is 0. The van der Waals surface area contributed by atoms with Gasteiger partial charge in [-0.2, -0.15) is 5.10 Å². The number of benzene rings is 3. The molecule has 1 saturated heterocycles. The highest BCUT2D eigenvalue weighted by Gasteiger charge is 2.40. The maximum Gasteiger partial charge on any atom is 0.253 e. The molecule has 0 spiro atoms. The van der Waals surface area contributed by atoms with Crippen molar-refractivity contribution in [3.05, 3.63) is 102 Å². The largest absolute Gasteiger partial charge is 0.489 e. The van der Waals surface area contributed by atoms with Crippen molar-refractivity contribution < 1.29 is 14.3 Å². The number of amides is 2. The zero-order valence-corrected chi connectivity index (χ0v) is 16.9. The van der Waals surface area contributed by atoms with Crippen LogP contribution in [0.4, 0.5) is 0 Å². The van der Waals surface area contributed by atoms with Crippen LogP contribution in [0.1, 0.15) is 22.6 Å². The van der Waals surface area contributed by atoms with Crippen molar-refractivity contribution in [2.24, 2.45) is 11.0 Å². The quantitative estimate of drug-likeness (QED) is 0.355. The zero-order chi connectivity index (χ0) is 21.5. The van der Waals surface area contributed by atoms with E-state index in [9.17, 15) is 9.59 Å². The number of rotatable bonds is 7. The van der Waals surface area contributed by atoms with Gasteiger partial charge in [-0.05, 0) is 28.8 Å². The van der Waals surface area contributed by atoms with Crippen molar-refractivity contribution in [1.29, 1.82) is 0 Å². The first kappa shape index (κ1) is 20.3. The highest BCUT2D eigenvalue weighted by atomic mass is 16.5. The monoisotopic (exact) mass is 413 g/mol. The van der Waals surface area contributed by atoms with Gasteiger partial charge in [0.15, 0.2) is 0 Å². The Bertz CT molecular complexity index is 1070. The number of carbonyl (C=O) groups is 2. The van der Waals surface area contributed by atoms with Crippen LogP contribution >= 0.6 is 0 Å². The number of hydrazone groups is 1. The van der Waals surface area contributed by atoms with Gasteiger partial charge >= 0.3 is 0 Å². The molecule has 2 atom stereocenters. The van der Waals surface area contributed by atoms with Gasteiger partial charge in [0.1, 0.15) is 18.3 Å². The Morgan fingerprint density at radius 1 is 1.03 bits per heavy atom. The van der Waals surface area contributed by atoms with E-state index in [2.05, 4.69) is 15.8 Å². The zero-order valence-electron chi connectivity index (χ0n) is 16.9. The average molecular weight is 413 g/mol. The smallest absolute Gasteiger partial charge is 0.253 e. The molecule has 6 heteroatoms. The summed E-state index contributed by atoms with van der Waals surface area (Å²) in [6.45, 7) is 0.904. The summed E-state index contributed by atoms with van der Waals surface area (Å²) in [7, 11) is 0. The lowest BCUT2D eigenvalue weighted by molar-refractivity contribution is -0.133. The van der Waals surface area contributed by atoms with Crippen LogP contribution in [0.15, 0.2) is 90.0 Å². The Morgan fingerprint density at radius 2 is 1.77 bits per heavy atom. The Morgan fingerprint density at radius 3 is 2.55 bits per heavy atom. The second-order valence-electron chi connectivity index (χ2n) is 7.32. The molecule has 1 aliphatic rings. The Hall–Kier alpha value is -3.93. The summed E-state index contributed by atoms with van der Waals surface area (Å²) in [5, 5.41) is 6.82. The Kier molecular flexibility index (Phi) is 6.38. The van der Waals surface area contributed by atoms with Crippen molar-refractivity contribution in [2.75, 3.05) is 6.54 Å². The van der Waals surface area contributed by atoms with Gasteiger partial charge in [-0.25, -0.2) is 5.43 Å². The highest BCUT2D eigenvalue weighted by Crippen LogP contribution is 2.29. The highest BCUT2D eigenvalue weighted by molar-refractivity contribution is 6.03. The van der Waals surface area contributed by atoms with Gasteiger partial charge < -0.3 is 10.1 Å². The second-order valence-corrected chi connectivity index (χ2v) is 7.32. The van der Waals surface area contributed by atoms with Gasteiger partial charge in [0.05, 0.1) is 6.21 Å². The number of hydrogen-bond donors (Lipinski definition) is 2. The van der Waals surface area contributed by atoms with E-state index in [-0.39, 0.29) is 11.8 Å². The van der Waals surface area contributed by atoms with Gasteiger partial charge in [0, 0.05) is 12.5 Å². The number of nitrogens with one attached hydrogen (secondary N) is 2. The third-order valence-electron chi connectivity index (χ3n) is 5.19. The van der Waals surface area contributed by atoms with E-state index in [1.54, 1.807) is 0 Å². The van der Waals surface area contributed by atoms with Gasteiger partial charge in [0.25, 0.3) is 5.91 Å². The molecule has 0 bridgehead atoms. The van der Waals surface area contributed by atoms with Gasteiger partial charge in [-0.15, -0.1) is 0 Å². The molecule has 4 rings (SSSR count). The third kappa shape index (κ3) is 5.17. The van der Waals surface area contributed by atoms with E-state index in [0.717, 1.165) is 16.7 Å². The molecule has 0 saturated carbocycles. The first-order chi connectivity index (χ1) is 15.2. The summed E-state index contributed by atoms with van der Waals surface area (Å²) in [4.78, 5) is 24.9. The SMILES string of the molecule is O=C1NC[C@@H](c2ccccc2)[C@H]1C(=O)N/N=C/c1cccc(OCc2ccccc2)c1. The van der Waals surface area contributed by atoms with Crippen molar-refractivity contribution in [3.63, 3.8) is 0 Å². The molecule has 2 amide bonds. The topological polar surface area (TPSA) is 79.8 Å². The lowest BCUT2D eigenvalue weighted by Gasteiger charge is -2.15. The molecule has 3 aromatic rings. The predicted molar refractivity (Wildman–Crippen MR) is 119 cm³/mol. The van der Waals surface area contributed by atoms with Crippen molar-refractivity contribution in [3.8, 4) is 5.75 Å². The lowest BCUT2D eigenvalue weighted by Crippen LogP contribution is -2.34. The first-order valence-electron chi connectivity index (χ1n) is 10.1. The van der Waals surface area contributed by atoms with Crippen molar-refractivity contribution >= 4 is 18.0 Å². The molecule has 0 unspecified atom stereocenters. The molecule has 156 valence electrons. The van der Waals surface area contributed by atoms with Crippen LogP contribution in [0.2, 0.25) is 0 Å². The third-order valence-corrected chi connectivity index (χ3v) is 5.19. The van der Waals surface area contributed by atoms with Crippen molar-refractivity contribution in [1.82, 2.24) is 10.7 Å². The molecule has 2 N–H and O–H groups in total. The minimum Gasteiger partial charge on any atom is -0.489 e. The number of nitrogens with zero attached hydrogens (tertiary/aromatic N) is 1. The Balaban J connectivity index is 1.36. The van der Waals surface area contributed by atoms with Crippen LogP contribution in [0, 0.1) is 5.92 Å². The van der Waals surface area contributed by atoms with Crippen LogP contribution in [-0.4, -0.2) is 24.6 Å². The summed E-state index contributed by atoms with van der Waals surface area (Å²) in [5.74, 6) is -1.01. The minimum atomic E-state index is -0.805. The van der Waals surface area contributed by atoms with Crippen molar-refractivity contribution in [2.45, 2.75) is 12.5 Å². The van der Waals surface area contributed by atoms with Crippen LogP contribution in [0.5, 0.6) is 5.75 Å². The molecule has 31 heavy (non-hydrogen) atoms. The fraction of sp³-hybridized carbons (Fsp3) is 0.160. The maximum absolute atomic E-state index is 12.6. The average Bonchev–Trinajstić information content (AvgIpc) is 3.21. The van der Waals surface area contributed by atoms with E-state index in [4.69, 9.17) is 4.74 Å². The van der Waals surface area contributed by atoms with Crippen LogP contribution in [0.25, 0.3) is 0 Å². The molecular weight excluding hydrogens is 390 g/mol. The molecule has 0 radical (unpaired) electrons. The fourth-order valence-corrected chi connectivity index (χ4v) is 3.60. The lowest BCUT2D eigenvalue weighted by atomic mass is 9.88. The minimum absolute atomic E-state index is 0.210.